The Morgan fingerprint density at radius 1 is 1.25 bits per heavy atom. The molecule has 10 heteroatoms. The van der Waals surface area contributed by atoms with Crippen LogP contribution in [0, 0.1) is 20.2 Å². The molecule has 0 saturated heterocycles. The highest BCUT2D eigenvalue weighted by molar-refractivity contribution is 5.89. The molecule has 1 aromatic carbocycles. The number of nitro groups is 2. The third-order valence-corrected chi connectivity index (χ3v) is 3.69. The fraction of sp³-hybridized carbons (Fsp3) is 0.357. The molecule has 0 aromatic heterocycles. The maximum atomic E-state index is 12.2. The molecule has 1 heterocycles. The molecule has 0 bridgehead atoms. The lowest BCUT2D eigenvalue weighted by Crippen LogP contribution is -2.34. The normalized spacial score (nSPS) is 17.1. The van der Waals surface area contributed by atoms with E-state index in [0.29, 0.717) is 5.70 Å². The zero-order valence-electron chi connectivity index (χ0n) is 13.3. The lowest BCUT2D eigenvalue weighted by molar-refractivity contribution is -0.394. The molecule has 0 amide bonds. The van der Waals surface area contributed by atoms with Crippen molar-refractivity contribution in [2.24, 2.45) is 0 Å². The fourth-order valence-corrected chi connectivity index (χ4v) is 2.39. The quantitative estimate of drug-likeness (QED) is 0.488. The summed E-state index contributed by atoms with van der Waals surface area (Å²) in [6.45, 7) is 3.37. The minimum Gasteiger partial charge on any atom is -0.456 e. The van der Waals surface area contributed by atoms with Crippen LogP contribution in [0.4, 0.5) is 11.4 Å². The number of non-ortho nitro benzene ring substituents is 2. The number of hydrazine groups is 1. The molecule has 0 aliphatic carbocycles. The van der Waals surface area contributed by atoms with Crippen molar-refractivity contribution in [3.05, 3.63) is 55.3 Å². The molecular formula is C14H16N4O6. The van der Waals surface area contributed by atoms with E-state index in [-0.39, 0.29) is 18.2 Å². The number of benzene rings is 1. The van der Waals surface area contributed by atoms with Gasteiger partial charge in [-0.1, -0.05) is 0 Å². The van der Waals surface area contributed by atoms with Crippen molar-refractivity contribution in [2.45, 2.75) is 26.5 Å². The second-order valence-corrected chi connectivity index (χ2v) is 5.39. The summed E-state index contributed by atoms with van der Waals surface area (Å²) in [6, 6.07) is 3.12. The van der Waals surface area contributed by atoms with Crippen LogP contribution in [0.3, 0.4) is 0 Å². The zero-order chi connectivity index (χ0) is 18.0. The molecule has 0 radical (unpaired) electrons. The summed E-state index contributed by atoms with van der Waals surface area (Å²) >= 11 is 0. The maximum absolute atomic E-state index is 12.2. The third-order valence-electron chi connectivity index (χ3n) is 3.69. The van der Waals surface area contributed by atoms with Crippen molar-refractivity contribution >= 4 is 17.3 Å². The van der Waals surface area contributed by atoms with Gasteiger partial charge in [-0.25, -0.2) is 10.2 Å². The van der Waals surface area contributed by atoms with Gasteiger partial charge in [0.05, 0.1) is 15.9 Å². The molecule has 128 valence electrons. The smallest absolute Gasteiger partial charge is 0.356 e. The molecule has 1 unspecified atom stereocenters. The van der Waals surface area contributed by atoms with E-state index in [4.69, 9.17) is 4.74 Å². The van der Waals surface area contributed by atoms with Crippen LogP contribution in [-0.2, 0) is 16.1 Å². The fourth-order valence-electron chi connectivity index (χ4n) is 2.39. The first-order chi connectivity index (χ1) is 11.2. The first-order valence-electron chi connectivity index (χ1n) is 7.01. The number of hydrogen-bond acceptors (Lipinski definition) is 8. The van der Waals surface area contributed by atoms with Crippen LogP contribution in [-0.4, -0.2) is 33.9 Å². The second kappa shape index (κ2) is 6.62. The monoisotopic (exact) mass is 336 g/mol. The molecular weight excluding hydrogens is 320 g/mol. The summed E-state index contributed by atoms with van der Waals surface area (Å²) in [5.74, 6) is -0.610. The zero-order valence-corrected chi connectivity index (χ0v) is 13.3. The van der Waals surface area contributed by atoms with Gasteiger partial charge in [0.15, 0.2) is 0 Å². The van der Waals surface area contributed by atoms with E-state index in [1.54, 1.807) is 14.0 Å². The van der Waals surface area contributed by atoms with Gasteiger partial charge in [-0.05, 0) is 19.4 Å². The number of nitrogens with one attached hydrogen (secondary N) is 1. The van der Waals surface area contributed by atoms with E-state index in [9.17, 15) is 25.0 Å². The highest BCUT2D eigenvalue weighted by Crippen LogP contribution is 2.24. The topological polar surface area (TPSA) is 128 Å². The lowest BCUT2D eigenvalue weighted by Gasteiger charge is -2.16. The molecule has 0 fully saturated rings. The average molecular weight is 336 g/mol. The Hall–Kier alpha value is -3.01. The minimum absolute atomic E-state index is 0.0172. The van der Waals surface area contributed by atoms with Crippen molar-refractivity contribution in [1.82, 2.24) is 10.4 Å². The van der Waals surface area contributed by atoms with Gasteiger partial charge in [0.2, 0.25) is 0 Å². The third kappa shape index (κ3) is 3.49. The Morgan fingerprint density at radius 2 is 1.79 bits per heavy atom. The number of carbonyl (C=O) groups is 1. The molecule has 10 nitrogen and oxygen atoms in total. The van der Waals surface area contributed by atoms with E-state index < -0.39 is 27.2 Å². The minimum atomic E-state index is -0.735. The van der Waals surface area contributed by atoms with E-state index in [2.05, 4.69) is 5.43 Å². The number of hydrogen-bond donors (Lipinski definition) is 1. The van der Waals surface area contributed by atoms with Crippen molar-refractivity contribution in [2.75, 3.05) is 7.05 Å². The Kier molecular flexibility index (Phi) is 4.79. The summed E-state index contributed by atoms with van der Waals surface area (Å²) in [6.07, 6.45) is 0. The van der Waals surface area contributed by atoms with E-state index >= 15 is 0 Å². The molecule has 1 aliphatic rings. The number of nitrogens with zero attached hydrogens (tertiary/aromatic N) is 3. The number of esters is 1. The molecule has 2 rings (SSSR count). The standard InChI is InChI=1S/C14H16N4O6/c1-8-9(2)15-16(3)13(8)14(19)24-7-10-4-11(17(20)21)6-12(5-10)18(22)23/h4-6,9,15H,7H2,1-3H3. The molecule has 1 aliphatic heterocycles. The van der Waals surface area contributed by atoms with Crippen LogP contribution in [0.15, 0.2) is 29.5 Å². The predicted octanol–water partition coefficient (Wildman–Crippen LogP) is 1.66. The maximum Gasteiger partial charge on any atom is 0.356 e. The summed E-state index contributed by atoms with van der Waals surface area (Å²) in [4.78, 5) is 32.4. The molecule has 0 saturated carbocycles. The molecule has 1 aromatic rings. The number of rotatable bonds is 5. The largest absolute Gasteiger partial charge is 0.456 e. The highest BCUT2D eigenvalue weighted by atomic mass is 16.6. The molecule has 1 N–H and O–H groups in total. The lowest BCUT2D eigenvalue weighted by atomic mass is 10.1. The summed E-state index contributed by atoms with van der Waals surface area (Å²) in [7, 11) is 1.67. The van der Waals surface area contributed by atoms with Gasteiger partial charge in [0.25, 0.3) is 11.4 Å². The van der Waals surface area contributed by atoms with Gasteiger partial charge >= 0.3 is 5.97 Å². The van der Waals surface area contributed by atoms with Crippen molar-refractivity contribution in [3.8, 4) is 0 Å². The molecule has 1 atom stereocenters. The number of carbonyl (C=O) groups excluding carboxylic acids is 1. The summed E-state index contributed by atoms with van der Waals surface area (Å²) in [5.41, 5.74) is 3.48. The van der Waals surface area contributed by atoms with Crippen LogP contribution in [0.1, 0.15) is 19.4 Å². The van der Waals surface area contributed by atoms with Crippen molar-refractivity contribution in [1.29, 1.82) is 0 Å². The van der Waals surface area contributed by atoms with Gasteiger partial charge in [-0.15, -0.1) is 0 Å². The number of ether oxygens (including phenoxy) is 1. The first-order valence-corrected chi connectivity index (χ1v) is 7.01. The Bertz CT molecular complexity index is 713. The van der Waals surface area contributed by atoms with E-state index in [1.807, 2.05) is 6.92 Å². The van der Waals surface area contributed by atoms with Gasteiger partial charge in [0, 0.05) is 30.8 Å². The SMILES string of the molecule is CC1=C(C(=O)OCc2cc([N+](=O)[O-])cc([N+](=O)[O-])c2)N(C)NC1C. The second-order valence-electron chi connectivity index (χ2n) is 5.39. The van der Waals surface area contributed by atoms with Crippen LogP contribution < -0.4 is 5.43 Å². The van der Waals surface area contributed by atoms with Crippen LogP contribution in [0.2, 0.25) is 0 Å². The van der Waals surface area contributed by atoms with Gasteiger partial charge in [-0.2, -0.15) is 0 Å². The van der Waals surface area contributed by atoms with Crippen molar-refractivity contribution < 1.29 is 19.4 Å². The Morgan fingerprint density at radius 3 is 2.21 bits per heavy atom. The molecule has 24 heavy (non-hydrogen) atoms. The average Bonchev–Trinajstić information content (AvgIpc) is 2.77. The van der Waals surface area contributed by atoms with Gasteiger partial charge in [-0.3, -0.25) is 20.2 Å². The Balaban J connectivity index is 2.19. The predicted molar refractivity (Wildman–Crippen MR) is 82.6 cm³/mol. The number of nitro benzene ring substituents is 2. The van der Waals surface area contributed by atoms with E-state index in [1.165, 1.54) is 5.01 Å². The number of likely N-dealkylation sites (N-methyl/N-ethyl adjacent to an activating group) is 1. The highest BCUT2D eigenvalue weighted by Gasteiger charge is 2.29. The molecule has 0 spiro atoms. The summed E-state index contributed by atoms with van der Waals surface area (Å²) in [5, 5.41) is 23.2. The van der Waals surface area contributed by atoms with Crippen molar-refractivity contribution in [3.63, 3.8) is 0 Å². The van der Waals surface area contributed by atoms with Crippen LogP contribution in [0.5, 0.6) is 0 Å². The van der Waals surface area contributed by atoms with E-state index in [0.717, 1.165) is 23.8 Å². The first kappa shape index (κ1) is 17.3. The summed E-state index contributed by atoms with van der Waals surface area (Å²) < 4.78 is 5.15. The van der Waals surface area contributed by atoms with Crippen LogP contribution >= 0.6 is 0 Å². The van der Waals surface area contributed by atoms with Crippen LogP contribution in [0.25, 0.3) is 0 Å². The van der Waals surface area contributed by atoms with Gasteiger partial charge < -0.3 is 9.75 Å². The van der Waals surface area contributed by atoms with Gasteiger partial charge in [0.1, 0.15) is 12.3 Å². The Labute approximate surface area is 137 Å².